The number of Topliss-reactive ketones (excluding diaryl/α,β-unsaturated/α-hetero) is 1. The van der Waals surface area contributed by atoms with E-state index in [1.165, 1.54) is 29.5 Å². The summed E-state index contributed by atoms with van der Waals surface area (Å²) in [7, 11) is 0. The minimum absolute atomic E-state index is 0.0333. The molecule has 0 saturated carbocycles. The zero-order valence-electron chi connectivity index (χ0n) is 16.1. The molecule has 1 heterocycles. The summed E-state index contributed by atoms with van der Waals surface area (Å²) in [5.41, 5.74) is 1.17. The molecular weight excluding hydrogens is 422 g/mol. The number of fused-ring (bicyclic) bond motifs is 1. The predicted molar refractivity (Wildman–Crippen MR) is 114 cm³/mol. The molecule has 0 aliphatic carbocycles. The Morgan fingerprint density at radius 2 is 1.61 bits per heavy atom. The summed E-state index contributed by atoms with van der Waals surface area (Å²) < 4.78 is 32.4. The predicted octanol–water partition coefficient (Wildman–Crippen LogP) is 4.93. The minimum atomic E-state index is -3.04. The van der Waals surface area contributed by atoms with Gasteiger partial charge < -0.3 is 9.30 Å². The van der Waals surface area contributed by atoms with Gasteiger partial charge in [0.25, 0.3) is 5.91 Å². The lowest BCUT2D eigenvalue weighted by atomic mass is 10.1. The van der Waals surface area contributed by atoms with Gasteiger partial charge in [-0.1, -0.05) is 53.8 Å². The van der Waals surface area contributed by atoms with E-state index in [1.54, 1.807) is 41.0 Å². The number of carbonyl (C=O) groups excluding carboxylic acids is 2. The first-order valence-electron chi connectivity index (χ1n) is 9.32. The number of carbonyl (C=O) groups is 2. The summed E-state index contributed by atoms with van der Waals surface area (Å²) in [5.74, 6) is -1.07. The summed E-state index contributed by atoms with van der Waals surface area (Å²) in [6.07, 6.45) is 0. The third-order valence-electron chi connectivity index (χ3n) is 4.51. The van der Waals surface area contributed by atoms with E-state index in [0.29, 0.717) is 15.9 Å². The maximum Gasteiger partial charge on any atom is 0.387 e. The molecule has 3 aromatic carbocycles. The van der Waals surface area contributed by atoms with Gasteiger partial charge in [-0.05, 0) is 36.4 Å². The summed E-state index contributed by atoms with van der Waals surface area (Å²) in [4.78, 5) is 30.2. The quantitative estimate of drug-likeness (QED) is 0.401. The number of hydrogen-bond acceptors (Lipinski definition) is 4. The largest absolute Gasteiger partial charge is 0.434 e. The fourth-order valence-electron chi connectivity index (χ4n) is 3.12. The van der Waals surface area contributed by atoms with Crippen LogP contribution in [-0.2, 0) is 6.54 Å². The number of amides is 1. The molecule has 4 rings (SSSR count). The fraction of sp³-hybridized carbons (Fsp3) is 0.0870. The molecule has 0 saturated heterocycles. The smallest absolute Gasteiger partial charge is 0.387 e. The molecular formula is C23H16F2N2O3S. The van der Waals surface area contributed by atoms with E-state index in [-0.39, 0.29) is 17.9 Å². The molecule has 8 heteroatoms. The Morgan fingerprint density at radius 1 is 0.935 bits per heavy atom. The molecule has 156 valence electrons. The molecule has 0 radical (unpaired) electrons. The Labute approximate surface area is 179 Å². The van der Waals surface area contributed by atoms with Gasteiger partial charge in [0, 0.05) is 5.56 Å². The molecule has 0 aliphatic rings. The topological polar surface area (TPSA) is 60.7 Å². The second-order valence-electron chi connectivity index (χ2n) is 6.52. The normalized spacial score (nSPS) is 11.8. The van der Waals surface area contributed by atoms with Gasteiger partial charge in [-0.25, -0.2) is 0 Å². The first-order valence-corrected chi connectivity index (χ1v) is 10.1. The van der Waals surface area contributed by atoms with Crippen LogP contribution in [0, 0.1) is 0 Å². The number of aromatic nitrogens is 1. The molecule has 0 aliphatic heterocycles. The number of para-hydroxylation sites is 2. The van der Waals surface area contributed by atoms with Crippen LogP contribution in [0.25, 0.3) is 10.2 Å². The van der Waals surface area contributed by atoms with Crippen molar-refractivity contribution in [1.29, 1.82) is 0 Å². The first-order chi connectivity index (χ1) is 15.0. The van der Waals surface area contributed by atoms with Crippen LogP contribution in [0.5, 0.6) is 5.75 Å². The van der Waals surface area contributed by atoms with E-state index >= 15 is 0 Å². The molecule has 31 heavy (non-hydrogen) atoms. The Balaban J connectivity index is 1.76. The highest BCUT2D eigenvalue weighted by Crippen LogP contribution is 2.23. The molecule has 4 aromatic rings. The van der Waals surface area contributed by atoms with Crippen LogP contribution >= 0.6 is 11.3 Å². The molecule has 0 fully saturated rings. The second kappa shape index (κ2) is 9.01. The number of rotatable bonds is 6. The summed E-state index contributed by atoms with van der Waals surface area (Å²) in [6.45, 7) is -3.23. The van der Waals surface area contributed by atoms with Crippen molar-refractivity contribution in [2.45, 2.75) is 13.2 Å². The fourth-order valence-corrected chi connectivity index (χ4v) is 4.14. The van der Waals surface area contributed by atoms with Gasteiger partial charge in [0.1, 0.15) is 5.75 Å². The van der Waals surface area contributed by atoms with Crippen molar-refractivity contribution in [2.24, 2.45) is 4.99 Å². The summed E-state index contributed by atoms with van der Waals surface area (Å²) >= 11 is 1.27. The SMILES string of the molecule is O=C(N=c1sc2ccccc2n1CC(=O)c1ccccc1OC(F)F)c1ccccc1. The molecule has 0 unspecified atom stereocenters. The summed E-state index contributed by atoms with van der Waals surface area (Å²) in [6, 6.07) is 21.8. The molecule has 1 aromatic heterocycles. The highest BCUT2D eigenvalue weighted by molar-refractivity contribution is 7.16. The maximum atomic E-state index is 13.0. The Kier molecular flexibility index (Phi) is 5.99. The second-order valence-corrected chi connectivity index (χ2v) is 7.53. The first kappa shape index (κ1) is 20.6. The number of halogens is 2. The number of thiazole rings is 1. The lowest BCUT2D eigenvalue weighted by Gasteiger charge is -2.10. The minimum Gasteiger partial charge on any atom is -0.434 e. The number of nitrogens with zero attached hydrogens (tertiary/aromatic N) is 2. The number of ether oxygens (including phenoxy) is 1. The zero-order chi connectivity index (χ0) is 21.8. The number of hydrogen-bond donors (Lipinski definition) is 0. The van der Waals surface area contributed by atoms with Gasteiger partial charge in [0.05, 0.1) is 22.3 Å². The Hall–Kier alpha value is -3.65. The van der Waals surface area contributed by atoms with Crippen molar-refractivity contribution < 1.29 is 23.1 Å². The monoisotopic (exact) mass is 438 g/mol. The van der Waals surface area contributed by atoms with E-state index < -0.39 is 18.3 Å². The molecule has 5 nitrogen and oxygen atoms in total. The van der Waals surface area contributed by atoms with E-state index in [1.807, 2.05) is 24.3 Å². The van der Waals surface area contributed by atoms with Gasteiger partial charge in [0.15, 0.2) is 10.6 Å². The van der Waals surface area contributed by atoms with Gasteiger partial charge in [-0.15, -0.1) is 0 Å². The van der Waals surface area contributed by atoms with E-state index in [2.05, 4.69) is 9.73 Å². The van der Waals surface area contributed by atoms with Crippen LogP contribution in [0.3, 0.4) is 0 Å². The van der Waals surface area contributed by atoms with Crippen molar-refractivity contribution in [3.63, 3.8) is 0 Å². The molecule has 0 N–H and O–H groups in total. The Bertz CT molecular complexity index is 1310. The maximum absolute atomic E-state index is 13.0. The lowest BCUT2D eigenvalue weighted by molar-refractivity contribution is -0.0501. The van der Waals surface area contributed by atoms with E-state index in [4.69, 9.17) is 0 Å². The highest BCUT2D eigenvalue weighted by Gasteiger charge is 2.18. The van der Waals surface area contributed by atoms with Crippen LogP contribution in [0.15, 0.2) is 83.9 Å². The van der Waals surface area contributed by atoms with Crippen molar-refractivity contribution >= 4 is 33.2 Å². The van der Waals surface area contributed by atoms with Crippen LogP contribution in [0.2, 0.25) is 0 Å². The van der Waals surface area contributed by atoms with Crippen LogP contribution < -0.4 is 9.54 Å². The van der Waals surface area contributed by atoms with Crippen molar-refractivity contribution in [1.82, 2.24) is 4.57 Å². The molecule has 1 amide bonds. The van der Waals surface area contributed by atoms with Crippen molar-refractivity contribution in [2.75, 3.05) is 0 Å². The highest BCUT2D eigenvalue weighted by atomic mass is 32.1. The van der Waals surface area contributed by atoms with E-state index in [0.717, 1.165) is 4.70 Å². The molecule has 0 atom stereocenters. The van der Waals surface area contributed by atoms with Gasteiger partial charge >= 0.3 is 6.61 Å². The third kappa shape index (κ3) is 4.59. The van der Waals surface area contributed by atoms with Crippen LogP contribution in [0.4, 0.5) is 8.78 Å². The molecule has 0 spiro atoms. The van der Waals surface area contributed by atoms with Crippen molar-refractivity contribution in [3.8, 4) is 5.75 Å². The van der Waals surface area contributed by atoms with Gasteiger partial charge in [0.2, 0.25) is 0 Å². The van der Waals surface area contributed by atoms with Crippen LogP contribution in [0.1, 0.15) is 20.7 Å². The van der Waals surface area contributed by atoms with Crippen LogP contribution in [-0.4, -0.2) is 22.9 Å². The Morgan fingerprint density at radius 3 is 2.39 bits per heavy atom. The average Bonchev–Trinajstić information content (AvgIpc) is 3.11. The number of benzene rings is 3. The lowest BCUT2D eigenvalue weighted by Crippen LogP contribution is -2.22. The van der Waals surface area contributed by atoms with Crippen molar-refractivity contribution in [3.05, 3.63) is 94.8 Å². The third-order valence-corrected chi connectivity index (χ3v) is 5.57. The van der Waals surface area contributed by atoms with Gasteiger partial charge in [-0.2, -0.15) is 13.8 Å². The average molecular weight is 438 g/mol. The standard InChI is InChI=1S/C23H16F2N2O3S/c24-22(25)30-19-12-6-4-10-16(19)18(28)14-27-17-11-5-7-13-20(17)31-23(27)26-21(29)15-8-2-1-3-9-15/h1-13,22H,14H2. The number of alkyl halides is 2. The summed E-state index contributed by atoms with van der Waals surface area (Å²) in [5, 5.41) is 0. The zero-order valence-corrected chi connectivity index (χ0v) is 16.9. The number of ketones is 1. The van der Waals surface area contributed by atoms with E-state index in [9.17, 15) is 18.4 Å². The molecule has 0 bridgehead atoms. The van der Waals surface area contributed by atoms with Gasteiger partial charge in [-0.3, -0.25) is 9.59 Å².